The van der Waals surface area contributed by atoms with Crippen molar-refractivity contribution in [1.82, 2.24) is 0 Å². The molecule has 0 radical (unpaired) electrons. The summed E-state index contributed by atoms with van der Waals surface area (Å²) < 4.78 is 31.6. The van der Waals surface area contributed by atoms with E-state index in [1.54, 1.807) is 0 Å². The second-order valence-corrected chi connectivity index (χ2v) is 7.16. The Kier molecular flexibility index (Phi) is 12.6. The van der Waals surface area contributed by atoms with Crippen LogP contribution in [-0.4, -0.2) is 68.1 Å². The molecule has 0 aliphatic carbocycles. The van der Waals surface area contributed by atoms with Crippen molar-refractivity contribution in [3.05, 3.63) is 0 Å². The first kappa shape index (κ1) is 22.1. The number of quaternary nitrogens is 1. The lowest BCUT2D eigenvalue weighted by atomic mass is 10.3. The first-order valence-corrected chi connectivity index (χ1v) is 8.79. The average molecular weight is 312 g/mol. The summed E-state index contributed by atoms with van der Waals surface area (Å²) >= 11 is 0. The zero-order valence-electron chi connectivity index (χ0n) is 13.3. The number of nitrogens with zero attached hydrogens (tertiary/aromatic N) is 1. The highest BCUT2D eigenvalue weighted by Crippen LogP contribution is 2.03. The van der Waals surface area contributed by atoms with Gasteiger partial charge in [0.2, 0.25) is 0 Å². The van der Waals surface area contributed by atoms with Gasteiger partial charge in [0, 0.05) is 0 Å². The normalized spacial score (nSPS) is 13.6. The molecule has 124 valence electrons. The molecule has 0 aromatic carbocycles. The molecule has 0 amide bonds. The van der Waals surface area contributed by atoms with E-state index in [4.69, 9.17) is 5.73 Å². The van der Waals surface area contributed by atoms with E-state index >= 15 is 0 Å². The standard InChI is InChI=1S/C8H19NO4S.C5H13N/c1-4-5-9(2,3)6-8(10)7-14(11,12)13;1-2-3-4-5-6/h8,10H,4-7H2,1-3H3;2-6H2,1H3. The summed E-state index contributed by atoms with van der Waals surface area (Å²) in [6.45, 7) is 6.17. The van der Waals surface area contributed by atoms with Crippen molar-refractivity contribution < 1.29 is 22.6 Å². The Morgan fingerprint density at radius 1 is 1.20 bits per heavy atom. The van der Waals surface area contributed by atoms with Crippen LogP contribution in [0, 0.1) is 0 Å². The van der Waals surface area contributed by atoms with Crippen LogP contribution < -0.4 is 5.73 Å². The zero-order valence-corrected chi connectivity index (χ0v) is 14.2. The monoisotopic (exact) mass is 312 g/mol. The van der Waals surface area contributed by atoms with Crippen molar-refractivity contribution in [1.29, 1.82) is 0 Å². The van der Waals surface area contributed by atoms with Crippen molar-refractivity contribution in [2.45, 2.75) is 45.6 Å². The second-order valence-electron chi connectivity index (χ2n) is 5.72. The summed E-state index contributed by atoms with van der Waals surface area (Å²) in [5.74, 6) is -0.696. The molecule has 20 heavy (non-hydrogen) atoms. The second kappa shape index (κ2) is 11.4. The Labute approximate surface area is 124 Å². The maximum atomic E-state index is 10.4. The molecule has 0 rings (SSSR count). The van der Waals surface area contributed by atoms with Crippen molar-refractivity contribution in [2.24, 2.45) is 5.73 Å². The lowest BCUT2D eigenvalue weighted by molar-refractivity contribution is -0.893. The van der Waals surface area contributed by atoms with Crippen LogP contribution in [0.25, 0.3) is 0 Å². The molecular weight excluding hydrogens is 280 g/mol. The molecule has 0 aliphatic heterocycles. The number of unbranched alkanes of at least 4 members (excludes halogenated alkanes) is 2. The van der Waals surface area contributed by atoms with Crippen LogP contribution in [0.5, 0.6) is 0 Å². The summed E-state index contributed by atoms with van der Waals surface area (Å²) in [4.78, 5) is 0. The van der Waals surface area contributed by atoms with E-state index < -0.39 is 22.0 Å². The van der Waals surface area contributed by atoms with Gasteiger partial charge in [-0.05, 0) is 19.4 Å². The van der Waals surface area contributed by atoms with Crippen LogP contribution in [0.1, 0.15) is 39.5 Å². The first-order chi connectivity index (χ1) is 9.08. The molecular formula is C13H32N2O4S. The smallest absolute Gasteiger partial charge is 0.116 e. The predicted octanol–water partition coefficient (Wildman–Crippen LogP) is 0.514. The Hall–Kier alpha value is -0.210. The number of hydrogen-bond acceptors (Lipinski definition) is 5. The fraction of sp³-hybridized carbons (Fsp3) is 1.00. The van der Waals surface area contributed by atoms with E-state index in [2.05, 4.69) is 6.92 Å². The minimum atomic E-state index is -4.32. The number of likely N-dealkylation sites (N-methyl/N-ethyl adjacent to an activating group) is 1. The van der Waals surface area contributed by atoms with E-state index in [0.29, 0.717) is 4.48 Å². The molecule has 1 unspecified atom stereocenters. The molecule has 6 nitrogen and oxygen atoms in total. The maximum Gasteiger partial charge on any atom is 0.116 e. The topological polar surface area (TPSA) is 103 Å². The van der Waals surface area contributed by atoms with Gasteiger partial charge in [-0.25, -0.2) is 8.42 Å². The number of aliphatic hydroxyl groups excluding tert-OH is 1. The van der Waals surface area contributed by atoms with E-state index in [9.17, 15) is 18.1 Å². The third-order valence-corrected chi connectivity index (χ3v) is 3.53. The van der Waals surface area contributed by atoms with Crippen LogP contribution in [0.15, 0.2) is 0 Å². The van der Waals surface area contributed by atoms with Crippen molar-refractivity contribution in [3.63, 3.8) is 0 Å². The highest BCUT2D eigenvalue weighted by molar-refractivity contribution is 7.85. The van der Waals surface area contributed by atoms with Crippen molar-refractivity contribution >= 4 is 10.1 Å². The minimum Gasteiger partial charge on any atom is -0.748 e. The predicted molar refractivity (Wildman–Crippen MR) is 81.3 cm³/mol. The van der Waals surface area contributed by atoms with Gasteiger partial charge in [0.15, 0.2) is 0 Å². The third kappa shape index (κ3) is 17.8. The number of nitrogens with two attached hydrogens (primary N) is 1. The molecule has 1 atom stereocenters. The van der Waals surface area contributed by atoms with Crippen molar-refractivity contribution in [2.75, 3.05) is 39.5 Å². The van der Waals surface area contributed by atoms with Gasteiger partial charge < -0.3 is 19.9 Å². The fourth-order valence-electron chi connectivity index (χ4n) is 1.95. The van der Waals surface area contributed by atoms with Gasteiger partial charge in [0.1, 0.15) is 12.6 Å². The third-order valence-electron chi connectivity index (χ3n) is 2.74. The molecule has 0 heterocycles. The number of rotatable bonds is 9. The number of aliphatic hydroxyl groups is 1. The lowest BCUT2D eigenvalue weighted by Crippen LogP contribution is -2.47. The lowest BCUT2D eigenvalue weighted by Gasteiger charge is -2.31. The van der Waals surface area contributed by atoms with E-state index in [0.717, 1.165) is 19.5 Å². The summed E-state index contributed by atoms with van der Waals surface area (Å²) in [7, 11) is -0.535. The SMILES string of the molecule is CCCCCN.CCC[N+](C)(C)CC(O)CS(=O)(=O)[O-]. The van der Waals surface area contributed by atoms with Crippen molar-refractivity contribution in [3.8, 4) is 0 Å². The highest BCUT2D eigenvalue weighted by Gasteiger charge is 2.20. The zero-order chi connectivity index (χ0) is 16.2. The van der Waals surface area contributed by atoms with Gasteiger partial charge in [-0.2, -0.15) is 0 Å². The van der Waals surface area contributed by atoms with Crippen LogP contribution in [0.2, 0.25) is 0 Å². The fourth-order valence-corrected chi connectivity index (χ4v) is 2.53. The minimum absolute atomic E-state index is 0.287. The van der Waals surface area contributed by atoms with Gasteiger partial charge in [0.25, 0.3) is 0 Å². The molecule has 0 aromatic heterocycles. The molecule has 0 fully saturated rings. The Morgan fingerprint density at radius 3 is 2.05 bits per heavy atom. The molecule has 0 saturated heterocycles. The molecule has 0 saturated carbocycles. The van der Waals surface area contributed by atoms with Crippen LogP contribution in [0.3, 0.4) is 0 Å². The van der Waals surface area contributed by atoms with Crippen LogP contribution in [0.4, 0.5) is 0 Å². The Balaban J connectivity index is 0. The van der Waals surface area contributed by atoms with Gasteiger partial charge in [-0.1, -0.05) is 26.7 Å². The summed E-state index contributed by atoms with van der Waals surface area (Å²) in [5, 5.41) is 9.35. The van der Waals surface area contributed by atoms with E-state index in [1.165, 1.54) is 19.3 Å². The maximum absolute atomic E-state index is 10.4. The molecule has 0 spiro atoms. The average Bonchev–Trinajstić information content (AvgIpc) is 2.23. The molecule has 3 N–H and O–H groups in total. The Morgan fingerprint density at radius 2 is 1.75 bits per heavy atom. The van der Waals surface area contributed by atoms with Gasteiger partial charge in [-0.3, -0.25) is 0 Å². The molecule has 0 aliphatic rings. The Bertz CT molecular complexity index is 314. The molecule has 7 heteroatoms. The summed E-state index contributed by atoms with van der Waals surface area (Å²) in [6, 6.07) is 0. The highest BCUT2D eigenvalue weighted by atomic mass is 32.2. The van der Waals surface area contributed by atoms with E-state index in [1.807, 2.05) is 21.0 Å². The summed E-state index contributed by atoms with van der Waals surface area (Å²) in [5.41, 5.74) is 5.21. The quantitative estimate of drug-likeness (QED) is 0.367. The van der Waals surface area contributed by atoms with Gasteiger partial charge >= 0.3 is 0 Å². The molecule has 0 aromatic rings. The number of hydrogen-bond donors (Lipinski definition) is 2. The van der Waals surface area contributed by atoms with Gasteiger partial charge in [-0.15, -0.1) is 0 Å². The van der Waals surface area contributed by atoms with Gasteiger partial charge in [0.05, 0.1) is 36.5 Å². The largest absolute Gasteiger partial charge is 0.748 e. The molecule has 0 bridgehead atoms. The summed E-state index contributed by atoms with van der Waals surface area (Å²) in [6.07, 6.45) is 3.63. The van der Waals surface area contributed by atoms with Crippen LogP contribution >= 0.6 is 0 Å². The van der Waals surface area contributed by atoms with E-state index in [-0.39, 0.29) is 6.54 Å². The first-order valence-electron chi connectivity index (χ1n) is 7.21. The van der Waals surface area contributed by atoms with Crippen LogP contribution in [-0.2, 0) is 10.1 Å².